The van der Waals surface area contributed by atoms with Crippen LogP contribution in [0.2, 0.25) is 0 Å². The molecule has 0 bridgehead atoms. The maximum absolute atomic E-state index is 10.5. The van der Waals surface area contributed by atoms with Crippen molar-refractivity contribution < 1.29 is 5.11 Å². The molecule has 0 spiro atoms. The van der Waals surface area contributed by atoms with E-state index in [2.05, 4.69) is 17.2 Å². The predicted octanol–water partition coefficient (Wildman–Crippen LogP) is 0.568. The van der Waals surface area contributed by atoms with E-state index in [9.17, 15) is 5.11 Å². The zero-order valence-corrected chi connectivity index (χ0v) is 9.87. The van der Waals surface area contributed by atoms with Gasteiger partial charge in [-0.15, -0.1) is 0 Å². The monoisotopic (exact) mass is 230 g/mol. The van der Waals surface area contributed by atoms with Crippen LogP contribution in [0.3, 0.4) is 0 Å². The number of nitrogens with one attached hydrogen (secondary N) is 1. The summed E-state index contributed by atoms with van der Waals surface area (Å²) < 4.78 is 0. The molecule has 0 amide bonds. The molecule has 1 aliphatic heterocycles. The highest BCUT2D eigenvalue weighted by molar-refractivity contribution is 5.38. The summed E-state index contributed by atoms with van der Waals surface area (Å²) in [6.07, 6.45) is 1.53. The molecule has 1 aromatic carbocycles. The van der Waals surface area contributed by atoms with Crippen molar-refractivity contribution in [3.05, 3.63) is 35.4 Å². The minimum atomic E-state index is -0.676. The molecular weight excluding hydrogens is 212 g/mol. The Morgan fingerprint density at radius 3 is 2.47 bits per heavy atom. The van der Waals surface area contributed by atoms with Crippen molar-refractivity contribution in [1.82, 2.24) is 5.32 Å². The molecule has 0 atom stereocenters. The first-order valence-electron chi connectivity index (χ1n) is 5.97. The van der Waals surface area contributed by atoms with Gasteiger partial charge in [0.15, 0.2) is 0 Å². The van der Waals surface area contributed by atoms with Crippen molar-refractivity contribution >= 4 is 0 Å². The Morgan fingerprint density at radius 1 is 1.24 bits per heavy atom. The Balaban J connectivity index is 2.16. The first kappa shape index (κ1) is 12.1. The van der Waals surface area contributed by atoms with E-state index in [4.69, 9.17) is 5.73 Å². The lowest BCUT2D eigenvalue weighted by atomic mass is 9.85. The average molecular weight is 230 g/mol. The second-order valence-corrected chi connectivity index (χ2v) is 4.36. The number of piperidine rings is 1. The van der Waals surface area contributed by atoms with Gasteiger partial charge >= 0.3 is 0 Å². The molecule has 0 radical (unpaired) electrons. The Bertz CT molecular complexity index is 422. The molecule has 1 aromatic rings. The van der Waals surface area contributed by atoms with E-state index < -0.39 is 5.60 Å². The lowest BCUT2D eigenvalue weighted by Crippen LogP contribution is -2.39. The largest absolute Gasteiger partial charge is 0.385 e. The van der Waals surface area contributed by atoms with Gasteiger partial charge in [-0.2, -0.15) is 0 Å². The molecule has 3 heteroatoms. The summed E-state index contributed by atoms with van der Waals surface area (Å²) in [7, 11) is 0. The van der Waals surface area contributed by atoms with Crippen LogP contribution >= 0.6 is 0 Å². The fourth-order valence-corrected chi connectivity index (χ4v) is 2.15. The lowest BCUT2D eigenvalue weighted by molar-refractivity contribution is 0.00594. The van der Waals surface area contributed by atoms with E-state index in [1.165, 1.54) is 0 Å². The highest BCUT2D eigenvalue weighted by Gasteiger charge is 2.30. The van der Waals surface area contributed by atoms with E-state index in [0.29, 0.717) is 6.54 Å². The van der Waals surface area contributed by atoms with Gasteiger partial charge in [0.05, 0.1) is 12.1 Å². The van der Waals surface area contributed by atoms with Crippen molar-refractivity contribution in [3.63, 3.8) is 0 Å². The minimum Gasteiger partial charge on any atom is -0.385 e. The van der Waals surface area contributed by atoms with Gasteiger partial charge in [0.2, 0.25) is 0 Å². The fourth-order valence-electron chi connectivity index (χ4n) is 2.15. The highest BCUT2D eigenvalue weighted by atomic mass is 16.3. The Labute approximate surface area is 102 Å². The zero-order valence-electron chi connectivity index (χ0n) is 9.87. The molecule has 17 heavy (non-hydrogen) atoms. The molecule has 0 aromatic heterocycles. The summed E-state index contributed by atoms with van der Waals surface area (Å²) in [5.41, 5.74) is 6.57. The first-order valence-corrected chi connectivity index (χ1v) is 5.97. The summed E-state index contributed by atoms with van der Waals surface area (Å²) in [6, 6.07) is 7.81. The third-order valence-electron chi connectivity index (χ3n) is 3.19. The van der Waals surface area contributed by atoms with Gasteiger partial charge in [-0.3, -0.25) is 0 Å². The normalized spacial score (nSPS) is 18.2. The third-order valence-corrected chi connectivity index (χ3v) is 3.19. The average Bonchev–Trinajstić information content (AvgIpc) is 2.38. The molecule has 90 valence electrons. The van der Waals surface area contributed by atoms with Crippen LogP contribution in [-0.2, 0) is 5.60 Å². The van der Waals surface area contributed by atoms with Crippen LogP contribution in [0.25, 0.3) is 0 Å². The standard InChI is InChI=1S/C14H18N2O/c15-9-1-2-12-3-5-13(6-4-12)14(17)7-10-16-11-8-14/h3-6,16-17H,7-11,15H2. The molecule has 3 nitrogen and oxygen atoms in total. The fraction of sp³-hybridized carbons (Fsp3) is 0.429. The third kappa shape index (κ3) is 2.86. The number of hydrogen-bond acceptors (Lipinski definition) is 3. The molecule has 1 fully saturated rings. The second kappa shape index (κ2) is 5.33. The van der Waals surface area contributed by atoms with Crippen LogP contribution in [-0.4, -0.2) is 24.7 Å². The maximum Gasteiger partial charge on any atom is 0.0920 e. The molecule has 0 aliphatic carbocycles. The topological polar surface area (TPSA) is 58.3 Å². The Morgan fingerprint density at radius 2 is 1.88 bits per heavy atom. The van der Waals surface area contributed by atoms with E-state index >= 15 is 0 Å². The van der Waals surface area contributed by atoms with Crippen LogP contribution in [0.1, 0.15) is 24.0 Å². The number of benzene rings is 1. The Kier molecular flexibility index (Phi) is 3.80. The smallest absolute Gasteiger partial charge is 0.0920 e. The van der Waals surface area contributed by atoms with Gasteiger partial charge in [0, 0.05) is 5.56 Å². The molecule has 0 unspecified atom stereocenters. The molecule has 0 saturated carbocycles. The highest BCUT2D eigenvalue weighted by Crippen LogP contribution is 2.30. The summed E-state index contributed by atoms with van der Waals surface area (Å²) in [4.78, 5) is 0. The van der Waals surface area contributed by atoms with Crippen LogP contribution < -0.4 is 11.1 Å². The summed E-state index contributed by atoms with van der Waals surface area (Å²) in [5.74, 6) is 5.80. The van der Waals surface area contributed by atoms with Gasteiger partial charge in [-0.05, 0) is 43.6 Å². The molecule has 2 rings (SSSR count). The number of nitrogens with two attached hydrogens (primary N) is 1. The van der Waals surface area contributed by atoms with Crippen molar-refractivity contribution in [1.29, 1.82) is 0 Å². The molecule has 1 heterocycles. The number of aliphatic hydroxyl groups is 1. The van der Waals surface area contributed by atoms with E-state index in [-0.39, 0.29) is 0 Å². The Hall–Kier alpha value is -1.34. The molecule has 1 aliphatic rings. The van der Waals surface area contributed by atoms with Crippen LogP contribution in [0.4, 0.5) is 0 Å². The molecule has 4 N–H and O–H groups in total. The predicted molar refractivity (Wildman–Crippen MR) is 68.4 cm³/mol. The van der Waals surface area contributed by atoms with Crippen molar-refractivity contribution in [2.24, 2.45) is 5.73 Å². The van der Waals surface area contributed by atoms with Crippen LogP contribution in [0, 0.1) is 11.8 Å². The zero-order chi connectivity index (χ0) is 12.1. The van der Waals surface area contributed by atoms with E-state index in [1.54, 1.807) is 0 Å². The number of rotatable bonds is 1. The lowest BCUT2D eigenvalue weighted by Gasteiger charge is -2.33. The second-order valence-electron chi connectivity index (χ2n) is 4.36. The molecule has 1 saturated heterocycles. The van der Waals surface area contributed by atoms with Gasteiger partial charge in [-0.1, -0.05) is 24.0 Å². The quantitative estimate of drug-likeness (QED) is 0.618. The SMILES string of the molecule is NCC#Cc1ccc(C2(O)CCNCC2)cc1. The van der Waals surface area contributed by atoms with Crippen molar-refractivity contribution in [2.75, 3.05) is 19.6 Å². The minimum absolute atomic E-state index is 0.372. The van der Waals surface area contributed by atoms with Gasteiger partial charge in [0.1, 0.15) is 0 Å². The van der Waals surface area contributed by atoms with Crippen molar-refractivity contribution in [3.8, 4) is 11.8 Å². The molecular formula is C14H18N2O. The van der Waals surface area contributed by atoms with Gasteiger partial charge in [-0.25, -0.2) is 0 Å². The van der Waals surface area contributed by atoms with Crippen molar-refractivity contribution in [2.45, 2.75) is 18.4 Å². The first-order chi connectivity index (χ1) is 8.24. The van der Waals surface area contributed by atoms with Crippen LogP contribution in [0.5, 0.6) is 0 Å². The maximum atomic E-state index is 10.5. The van der Waals surface area contributed by atoms with Gasteiger partial charge in [0.25, 0.3) is 0 Å². The van der Waals surface area contributed by atoms with Gasteiger partial charge < -0.3 is 16.2 Å². The van der Waals surface area contributed by atoms with Crippen LogP contribution in [0.15, 0.2) is 24.3 Å². The summed E-state index contributed by atoms with van der Waals surface area (Å²) in [5, 5.41) is 13.8. The summed E-state index contributed by atoms with van der Waals surface area (Å²) >= 11 is 0. The number of hydrogen-bond donors (Lipinski definition) is 3. The van der Waals surface area contributed by atoms with E-state index in [0.717, 1.165) is 37.1 Å². The van der Waals surface area contributed by atoms with E-state index in [1.807, 2.05) is 24.3 Å². The summed E-state index contributed by atoms with van der Waals surface area (Å²) in [6.45, 7) is 2.10.